The van der Waals surface area contributed by atoms with Gasteiger partial charge in [-0.2, -0.15) is 5.26 Å². The fraction of sp³-hybridized carbons (Fsp3) is 0.269. The summed E-state index contributed by atoms with van der Waals surface area (Å²) in [5.74, 6) is -1.25. The van der Waals surface area contributed by atoms with Crippen molar-refractivity contribution in [2.24, 2.45) is 16.5 Å². The van der Waals surface area contributed by atoms with E-state index in [1.807, 2.05) is 13.0 Å². The van der Waals surface area contributed by atoms with Crippen LogP contribution in [-0.4, -0.2) is 30.1 Å². The van der Waals surface area contributed by atoms with Gasteiger partial charge in [0.05, 0.1) is 21.6 Å². The van der Waals surface area contributed by atoms with E-state index in [0.717, 1.165) is 22.0 Å². The number of benzene rings is 2. The first-order chi connectivity index (χ1) is 17.8. The largest absolute Gasteiger partial charge is 0.488 e. The Hall–Kier alpha value is -4.01. The molecular formula is C26H25F2N5O3S. The third-order valence-electron chi connectivity index (χ3n) is 5.52. The van der Waals surface area contributed by atoms with Gasteiger partial charge in [0, 0.05) is 43.2 Å². The first-order valence-electron chi connectivity index (χ1n) is 11.5. The minimum Gasteiger partial charge on any atom is -0.488 e. The smallest absolute Gasteiger partial charge is 0.166 e. The lowest BCUT2D eigenvalue weighted by molar-refractivity contribution is 0.0871. The number of hydrogen-bond donors (Lipinski definition) is 2. The number of nitrogens with two attached hydrogens (primary N) is 2. The summed E-state index contributed by atoms with van der Waals surface area (Å²) in [5.41, 5.74) is 12.4. The highest BCUT2D eigenvalue weighted by Crippen LogP contribution is 2.31. The second-order valence-corrected chi connectivity index (χ2v) is 9.58. The SMILES string of the molecule is Cc1ncc(COc2cc(F)cc(Oc3ccc(/C(N)=C(\C#N)C(N)=NC4CCOCC4)cc3F)c2)s1. The Bertz CT molecular complexity index is 1380. The molecular weight excluding hydrogens is 500 g/mol. The first-order valence-corrected chi connectivity index (χ1v) is 12.3. The highest BCUT2D eigenvalue weighted by molar-refractivity contribution is 7.11. The van der Waals surface area contributed by atoms with Crippen LogP contribution in [0.1, 0.15) is 28.3 Å². The van der Waals surface area contributed by atoms with Gasteiger partial charge >= 0.3 is 0 Å². The van der Waals surface area contributed by atoms with Gasteiger partial charge in [-0.3, -0.25) is 4.99 Å². The zero-order valence-electron chi connectivity index (χ0n) is 20.0. The van der Waals surface area contributed by atoms with Crippen molar-refractivity contribution >= 4 is 22.9 Å². The van der Waals surface area contributed by atoms with Crippen LogP contribution in [0.2, 0.25) is 0 Å². The maximum atomic E-state index is 14.9. The van der Waals surface area contributed by atoms with Gasteiger partial charge in [0.25, 0.3) is 0 Å². The third-order valence-corrected chi connectivity index (χ3v) is 6.40. The molecule has 0 saturated carbocycles. The number of aliphatic imine (C=N–C) groups is 1. The summed E-state index contributed by atoms with van der Waals surface area (Å²) < 4.78 is 45.6. The molecule has 1 aliphatic rings. The van der Waals surface area contributed by atoms with Crippen molar-refractivity contribution in [2.75, 3.05) is 13.2 Å². The number of halogens is 2. The molecule has 192 valence electrons. The van der Waals surface area contributed by atoms with Crippen LogP contribution >= 0.6 is 11.3 Å². The molecule has 0 amide bonds. The molecule has 1 aromatic heterocycles. The van der Waals surface area contributed by atoms with Crippen molar-refractivity contribution in [2.45, 2.75) is 32.4 Å². The molecule has 11 heteroatoms. The van der Waals surface area contributed by atoms with E-state index in [4.69, 9.17) is 25.7 Å². The minimum absolute atomic E-state index is 0.00610. The number of aromatic nitrogens is 1. The van der Waals surface area contributed by atoms with E-state index in [2.05, 4.69) is 9.98 Å². The lowest BCUT2D eigenvalue weighted by Gasteiger charge is -2.19. The van der Waals surface area contributed by atoms with Gasteiger partial charge in [0.1, 0.15) is 41.4 Å². The summed E-state index contributed by atoms with van der Waals surface area (Å²) in [4.78, 5) is 9.42. The molecule has 0 radical (unpaired) electrons. The predicted molar refractivity (Wildman–Crippen MR) is 136 cm³/mol. The molecule has 0 aliphatic carbocycles. The van der Waals surface area contributed by atoms with Crippen LogP contribution in [-0.2, 0) is 11.3 Å². The zero-order chi connectivity index (χ0) is 26.4. The normalized spacial score (nSPS) is 15.1. The quantitative estimate of drug-likeness (QED) is 0.245. The molecule has 1 saturated heterocycles. The first kappa shape index (κ1) is 26.1. The zero-order valence-corrected chi connectivity index (χ0v) is 20.9. The van der Waals surface area contributed by atoms with Crippen molar-refractivity contribution < 1.29 is 23.0 Å². The number of nitrogens with zero attached hydrogens (tertiary/aromatic N) is 3. The monoisotopic (exact) mass is 525 g/mol. The Morgan fingerprint density at radius 2 is 1.95 bits per heavy atom. The van der Waals surface area contributed by atoms with Crippen molar-refractivity contribution in [1.82, 2.24) is 4.98 Å². The summed E-state index contributed by atoms with van der Waals surface area (Å²) in [7, 11) is 0. The maximum Gasteiger partial charge on any atom is 0.166 e. The molecule has 37 heavy (non-hydrogen) atoms. The van der Waals surface area contributed by atoms with Crippen molar-refractivity contribution in [3.05, 3.63) is 75.3 Å². The second kappa shape index (κ2) is 11.8. The molecule has 8 nitrogen and oxygen atoms in total. The number of rotatable bonds is 8. The van der Waals surface area contributed by atoms with E-state index in [1.54, 1.807) is 6.20 Å². The van der Waals surface area contributed by atoms with E-state index in [9.17, 15) is 14.0 Å². The predicted octanol–water partition coefficient (Wildman–Crippen LogP) is 4.83. The van der Waals surface area contributed by atoms with Crippen LogP contribution in [0.3, 0.4) is 0 Å². The van der Waals surface area contributed by atoms with Crippen LogP contribution in [0.5, 0.6) is 17.2 Å². The average Bonchev–Trinajstić information content (AvgIpc) is 3.29. The van der Waals surface area contributed by atoms with Gasteiger partial charge in [0.2, 0.25) is 0 Å². The molecule has 2 heterocycles. The summed E-state index contributed by atoms with van der Waals surface area (Å²) in [6, 6.07) is 9.61. The van der Waals surface area contributed by atoms with Crippen molar-refractivity contribution in [1.29, 1.82) is 5.26 Å². The Balaban J connectivity index is 1.50. The Labute approximate surface area is 216 Å². The van der Waals surface area contributed by atoms with Crippen LogP contribution in [0.4, 0.5) is 8.78 Å². The number of ether oxygens (including phenoxy) is 3. The minimum atomic E-state index is -0.760. The van der Waals surface area contributed by atoms with E-state index >= 15 is 0 Å². The van der Waals surface area contributed by atoms with Gasteiger partial charge in [0.15, 0.2) is 11.6 Å². The Morgan fingerprint density at radius 3 is 2.62 bits per heavy atom. The van der Waals surface area contributed by atoms with Crippen molar-refractivity contribution in [3.8, 4) is 23.3 Å². The van der Waals surface area contributed by atoms with E-state index < -0.39 is 11.6 Å². The van der Waals surface area contributed by atoms with Gasteiger partial charge < -0.3 is 25.7 Å². The second-order valence-electron chi connectivity index (χ2n) is 8.26. The van der Waals surface area contributed by atoms with Gasteiger partial charge in [-0.05, 0) is 38.0 Å². The highest BCUT2D eigenvalue weighted by atomic mass is 32.1. The molecule has 3 aromatic rings. The number of amidine groups is 1. The van der Waals surface area contributed by atoms with Crippen LogP contribution < -0.4 is 20.9 Å². The lowest BCUT2D eigenvalue weighted by atomic mass is 10.1. The Morgan fingerprint density at radius 1 is 1.19 bits per heavy atom. The summed E-state index contributed by atoms with van der Waals surface area (Å²) in [6.45, 7) is 3.23. The highest BCUT2D eigenvalue weighted by Gasteiger charge is 2.17. The fourth-order valence-corrected chi connectivity index (χ4v) is 4.37. The molecule has 0 spiro atoms. The standard InChI is InChI=1S/C26H25F2N5O3S/c1-15-32-13-21(37-15)14-35-19-9-17(27)10-20(11-19)36-24-3-2-16(8-23(24)28)25(30)22(12-29)26(31)33-18-4-6-34-7-5-18/h2-3,8-11,13,18H,4-7,14,30H2,1H3,(H2,31,33)/b25-22-. The molecule has 1 aliphatic heterocycles. The summed E-state index contributed by atoms with van der Waals surface area (Å²) >= 11 is 1.47. The number of thiazole rings is 1. The van der Waals surface area contributed by atoms with Gasteiger partial charge in [-0.25, -0.2) is 13.8 Å². The fourth-order valence-electron chi connectivity index (χ4n) is 3.66. The van der Waals surface area contributed by atoms with Gasteiger partial charge in [-0.1, -0.05) is 0 Å². The van der Waals surface area contributed by atoms with Crippen LogP contribution in [0.25, 0.3) is 5.70 Å². The lowest BCUT2D eigenvalue weighted by Crippen LogP contribution is -2.25. The molecule has 4 rings (SSSR count). The summed E-state index contributed by atoms with van der Waals surface area (Å²) in [5, 5.41) is 10.5. The summed E-state index contributed by atoms with van der Waals surface area (Å²) in [6.07, 6.45) is 3.07. The van der Waals surface area contributed by atoms with E-state index in [0.29, 0.717) is 26.1 Å². The van der Waals surface area contributed by atoms with Crippen molar-refractivity contribution in [3.63, 3.8) is 0 Å². The molecule has 0 atom stereocenters. The van der Waals surface area contributed by atoms with E-state index in [1.165, 1.54) is 35.6 Å². The maximum absolute atomic E-state index is 14.9. The Kier molecular flexibility index (Phi) is 8.32. The number of aryl methyl sites for hydroxylation is 1. The molecule has 0 bridgehead atoms. The number of nitriles is 1. The molecule has 2 aromatic carbocycles. The third kappa shape index (κ3) is 6.81. The molecule has 1 fully saturated rings. The average molecular weight is 526 g/mol. The van der Waals surface area contributed by atoms with Crippen LogP contribution in [0.15, 0.2) is 53.2 Å². The molecule has 4 N–H and O–H groups in total. The van der Waals surface area contributed by atoms with E-state index in [-0.39, 0.29) is 52.6 Å². The van der Waals surface area contributed by atoms with Gasteiger partial charge in [-0.15, -0.1) is 11.3 Å². The van der Waals surface area contributed by atoms with Crippen LogP contribution in [0, 0.1) is 29.9 Å². The topological polar surface area (TPSA) is 129 Å². The molecule has 0 unspecified atom stereocenters. The number of hydrogen-bond acceptors (Lipinski definition) is 8.